The minimum absolute atomic E-state index is 0.0321. The minimum Gasteiger partial charge on any atom is -0.255 e. The lowest BCUT2D eigenvalue weighted by atomic mass is 10.2. The van der Waals surface area contributed by atoms with Gasteiger partial charge in [0.2, 0.25) is 9.84 Å². The Kier molecular flexibility index (Phi) is 3.60. The molecule has 0 radical (unpaired) electrons. The molecule has 0 N–H and O–H groups in total. The molecule has 0 aliphatic rings. The zero-order valence-corrected chi connectivity index (χ0v) is 12.4. The van der Waals surface area contributed by atoms with Crippen molar-refractivity contribution >= 4 is 20.7 Å². The van der Waals surface area contributed by atoms with Crippen molar-refractivity contribution in [3.63, 3.8) is 0 Å². The van der Waals surface area contributed by atoms with Crippen LogP contribution in [0.2, 0.25) is 0 Å². The van der Waals surface area contributed by atoms with Gasteiger partial charge in [0.05, 0.1) is 20.9 Å². The fourth-order valence-corrected chi connectivity index (χ4v) is 3.67. The van der Waals surface area contributed by atoms with E-state index in [1.165, 1.54) is 12.3 Å². The van der Waals surface area contributed by atoms with Crippen molar-refractivity contribution in [1.82, 2.24) is 4.98 Å². The Labute approximate surface area is 130 Å². The van der Waals surface area contributed by atoms with Gasteiger partial charge in [0.25, 0.3) is 0 Å². The highest BCUT2D eigenvalue weighted by atomic mass is 32.2. The lowest BCUT2D eigenvalue weighted by molar-refractivity contribution is -0.137. The number of para-hydroxylation sites is 1. The first-order valence-electron chi connectivity index (χ1n) is 6.56. The van der Waals surface area contributed by atoms with E-state index < -0.39 is 21.6 Å². The van der Waals surface area contributed by atoms with Crippen LogP contribution in [0.5, 0.6) is 0 Å². The van der Waals surface area contributed by atoms with Crippen molar-refractivity contribution in [2.45, 2.75) is 16.0 Å². The first-order chi connectivity index (χ1) is 10.8. The molecule has 0 saturated carbocycles. The number of aromatic nitrogens is 1. The molecule has 0 aliphatic heterocycles. The number of pyridine rings is 1. The van der Waals surface area contributed by atoms with Crippen molar-refractivity contribution in [2.75, 3.05) is 0 Å². The number of alkyl halides is 3. The van der Waals surface area contributed by atoms with Crippen molar-refractivity contribution in [3.8, 4) is 0 Å². The van der Waals surface area contributed by atoms with E-state index in [0.717, 1.165) is 24.3 Å². The zero-order chi connectivity index (χ0) is 16.7. The second-order valence-corrected chi connectivity index (χ2v) is 6.77. The first kappa shape index (κ1) is 15.5. The van der Waals surface area contributed by atoms with Gasteiger partial charge in [0.1, 0.15) is 0 Å². The molecule has 0 saturated heterocycles. The van der Waals surface area contributed by atoms with Gasteiger partial charge < -0.3 is 0 Å². The molecule has 0 fully saturated rings. The maximum Gasteiger partial charge on any atom is 0.416 e. The Bertz CT molecular complexity index is 959. The third-order valence-corrected chi connectivity index (χ3v) is 5.18. The summed E-state index contributed by atoms with van der Waals surface area (Å²) in [6, 6.07) is 11.5. The van der Waals surface area contributed by atoms with Crippen molar-refractivity contribution < 1.29 is 21.6 Å². The van der Waals surface area contributed by atoms with E-state index >= 15 is 0 Å². The Morgan fingerprint density at radius 1 is 0.870 bits per heavy atom. The fraction of sp³-hybridized carbons (Fsp3) is 0.0625. The van der Waals surface area contributed by atoms with Crippen molar-refractivity contribution in [3.05, 3.63) is 66.4 Å². The summed E-state index contributed by atoms with van der Waals surface area (Å²) in [6.07, 6.45) is -3.04. The third-order valence-electron chi connectivity index (χ3n) is 3.38. The predicted molar refractivity (Wildman–Crippen MR) is 78.6 cm³/mol. The smallest absolute Gasteiger partial charge is 0.255 e. The van der Waals surface area contributed by atoms with Gasteiger partial charge in [-0.05, 0) is 36.4 Å². The molecule has 2 aromatic carbocycles. The van der Waals surface area contributed by atoms with Crippen LogP contribution in [0.4, 0.5) is 13.2 Å². The van der Waals surface area contributed by atoms with E-state index in [2.05, 4.69) is 4.98 Å². The van der Waals surface area contributed by atoms with E-state index in [1.807, 2.05) is 0 Å². The van der Waals surface area contributed by atoms with Gasteiger partial charge in [-0.1, -0.05) is 18.2 Å². The number of halogens is 3. The quantitative estimate of drug-likeness (QED) is 0.708. The molecule has 0 atom stereocenters. The second kappa shape index (κ2) is 5.34. The highest BCUT2D eigenvalue weighted by molar-refractivity contribution is 7.91. The Balaban J connectivity index is 2.14. The van der Waals surface area contributed by atoms with Crippen LogP contribution in [0.3, 0.4) is 0 Å². The van der Waals surface area contributed by atoms with Gasteiger partial charge in [-0.2, -0.15) is 13.2 Å². The van der Waals surface area contributed by atoms with E-state index in [0.29, 0.717) is 5.39 Å². The number of hydrogen-bond donors (Lipinski definition) is 0. The maximum atomic E-state index is 12.7. The predicted octanol–water partition coefficient (Wildman–Crippen LogP) is 4.09. The summed E-state index contributed by atoms with van der Waals surface area (Å²) < 4.78 is 63.1. The van der Waals surface area contributed by atoms with Gasteiger partial charge >= 0.3 is 6.18 Å². The molecule has 0 bridgehead atoms. The standard InChI is InChI=1S/C16H10F3NO2S/c17-16(18,19)12-6-8-13(9-7-12)23(21,22)14-5-1-3-11-4-2-10-20-15(11)14/h1-10H. The molecule has 23 heavy (non-hydrogen) atoms. The topological polar surface area (TPSA) is 47.0 Å². The highest BCUT2D eigenvalue weighted by Gasteiger charge is 2.31. The molecular weight excluding hydrogens is 327 g/mol. The lowest BCUT2D eigenvalue weighted by Crippen LogP contribution is -2.07. The van der Waals surface area contributed by atoms with Crippen LogP contribution in [0.25, 0.3) is 10.9 Å². The van der Waals surface area contributed by atoms with Crippen molar-refractivity contribution in [2.24, 2.45) is 0 Å². The normalized spacial score (nSPS) is 12.5. The van der Waals surface area contributed by atoms with Crippen LogP contribution in [-0.4, -0.2) is 13.4 Å². The summed E-state index contributed by atoms with van der Waals surface area (Å²) >= 11 is 0. The molecule has 0 aliphatic carbocycles. The Morgan fingerprint density at radius 2 is 1.52 bits per heavy atom. The SMILES string of the molecule is O=S(=O)(c1ccc(C(F)(F)F)cc1)c1cccc2cccnc12. The summed E-state index contributed by atoms with van der Waals surface area (Å²) in [5, 5.41) is 0.639. The monoisotopic (exact) mass is 337 g/mol. The summed E-state index contributed by atoms with van der Waals surface area (Å²) in [7, 11) is -3.96. The lowest BCUT2D eigenvalue weighted by Gasteiger charge is -2.10. The summed E-state index contributed by atoms with van der Waals surface area (Å²) in [4.78, 5) is 3.83. The van der Waals surface area contributed by atoms with Crippen molar-refractivity contribution in [1.29, 1.82) is 0 Å². The van der Waals surface area contributed by atoms with Crippen LogP contribution in [-0.2, 0) is 16.0 Å². The van der Waals surface area contributed by atoms with E-state index in [9.17, 15) is 21.6 Å². The van der Waals surface area contributed by atoms with Crippen LogP contribution >= 0.6 is 0 Å². The maximum absolute atomic E-state index is 12.7. The van der Waals surface area contributed by atoms with Gasteiger partial charge in [-0.3, -0.25) is 4.98 Å². The summed E-state index contributed by atoms with van der Waals surface area (Å²) in [5.41, 5.74) is -0.609. The largest absolute Gasteiger partial charge is 0.416 e. The molecule has 3 nitrogen and oxygen atoms in total. The number of rotatable bonds is 2. The molecule has 3 rings (SSSR count). The number of benzene rings is 2. The number of sulfone groups is 1. The molecule has 0 amide bonds. The molecule has 0 spiro atoms. The van der Waals surface area contributed by atoms with E-state index in [-0.39, 0.29) is 15.3 Å². The molecule has 3 aromatic rings. The highest BCUT2D eigenvalue weighted by Crippen LogP contribution is 2.32. The Hall–Kier alpha value is -2.41. The van der Waals surface area contributed by atoms with E-state index in [1.54, 1.807) is 24.3 Å². The minimum atomic E-state index is -4.51. The molecule has 7 heteroatoms. The van der Waals surface area contributed by atoms with Gasteiger partial charge in [-0.25, -0.2) is 8.42 Å². The Morgan fingerprint density at radius 3 is 2.17 bits per heavy atom. The second-order valence-electron chi connectivity index (χ2n) is 4.86. The number of hydrogen-bond acceptors (Lipinski definition) is 3. The summed E-state index contributed by atoms with van der Waals surface area (Å²) in [6.45, 7) is 0. The molecule has 1 heterocycles. The number of fused-ring (bicyclic) bond motifs is 1. The van der Waals surface area contributed by atoms with Gasteiger partial charge in [-0.15, -0.1) is 0 Å². The molecule has 0 unspecified atom stereocenters. The molecular formula is C16H10F3NO2S. The average Bonchev–Trinajstić information content (AvgIpc) is 2.53. The zero-order valence-electron chi connectivity index (χ0n) is 11.6. The molecule has 1 aromatic heterocycles. The fourth-order valence-electron chi connectivity index (χ4n) is 2.24. The summed E-state index contributed by atoms with van der Waals surface area (Å²) in [5.74, 6) is 0. The van der Waals surface area contributed by atoms with Gasteiger partial charge in [0, 0.05) is 11.6 Å². The third kappa shape index (κ3) is 2.79. The number of nitrogens with zero attached hydrogens (tertiary/aromatic N) is 1. The first-order valence-corrected chi connectivity index (χ1v) is 8.04. The van der Waals surface area contributed by atoms with Crippen LogP contribution in [0.15, 0.2) is 70.6 Å². The molecule has 118 valence electrons. The average molecular weight is 337 g/mol. The van der Waals surface area contributed by atoms with E-state index in [4.69, 9.17) is 0 Å². The van der Waals surface area contributed by atoms with Gasteiger partial charge in [0.15, 0.2) is 0 Å². The van der Waals surface area contributed by atoms with Crippen LogP contribution in [0, 0.1) is 0 Å². The van der Waals surface area contributed by atoms with Crippen LogP contribution < -0.4 is 0 Å². The van der Waals surface area contributed by atoms with Crippen LogP contribution in [0.1, 0.15) is 5.56 Å².